The molecule has 92 valence electrons. The summed E-state index contributed by atoms with van der Waals surface area (Å²) in [5, 5.41) is 3.02. The molecule has 0 radical (unpaired) electrons. The Balaban J connectivity index is 2.99. The van der Waals surface area contributed by atoms with E-state index in [-0.39, 0.29) is 6.61 Å². The van der Waals surface area contributed by atoms with Crippen LogP contribution in [0.4, 0.5) is 13.2 Å². The van der Waals surface area contributed by atoms with E-state index in [9.17, 15) is 13.2 Å². The fourth-order valence-corrected chi connectivity index (χ4v) is 1.54. The molecule has 0 aliphatic rings. The maximum Gasteiger partial charge on any atom is 0.411 e. The summed E-state index contributed by atoms with van der Waals surface area (Å²) < 4.78 is 39.3. The number of nitrogens with one attached hydrogen (secondary N) is 1. The fraction of sp³-hybridized carbons (Fsp3) is 1.00. The minimum absolute atomic E-state index is 0.112. The summed E-state index contributed by atoms with van der Waals surface area (Å²) in [5.41, 5.74) is 0. The average Bonchev–Trinajstić information content (AvgIpc) is 2.14. The van der Waals surface area contributed by atoms with E-state index in [2.05, 4.69) is 17.0 Å². The molecule has 0 bridgehead atoms. The molecule has 2 nitrogen and oxygen atoms in total. The summed E-state index contributed by atoms with van der Waals surface area (Å²) in [6, 6.07) is 0. The van der Waals surface area contributed by atoms with Crippen LogP contribution in [0.25, 0.3) is 0 Å². The van der Waals surface area contributed by atoms with Crippen molar-refractivity contribution in [1.29, 1.82) is 0 Å². The van der Waals surface area contributed by atoms with E-state index < -0.39 is 12.8 Å². The second-order valence-electron chi connectivity index (χ2n) is 2.97. The Morgan fingerprint density at radius 2 is 2.00 bits per heavy atom. The number of hydrogen-bond donors (Lipinski definition) is 1. The average molecular weight is 245 g/mol. The predicted molar refractivity (Wildman–Crippen MR) is 57.4 cm³/mol. The lowest BCUT2D eigenvalue weighted by atomic mass is 10.5. The number of alkyl halides is 3. The van der Waals surface area contributed by atoms with Gasteiger partial charge in [0.2, 0.25) is 0 Å². The van der Waals surface area contributed by atoms with Gasteiger partial charge in [0.15, 0.2) is 0 Å². The quantitative estimate of drug-likeness (QED) is 0.630. The topological polar surface area (TPSA) is 21.3 Å². The Morgan fingerprint density at radius 3 is 2.60 bits per heavy atom. The van der Waals surface area contributed by atoms with Crippen molar-refractivity contribution in [2.45, 2.75) is 19.5 Å². The van der Waals surface area contributed by atoms with Crippen molar-refractivity contribution >= 4 is 11.8 Å². The van der Waals surface area contributed by atoms with Crippen LogP contribution in [0.5, 0.6) is 0 Å². The maximum absolute atomic E-state index is 11.6. The van der Waals surface area contributed by atoms with E-state index in [0.29, 0.717) is 6.54 Å². The van der Waals surface area contributed by atoms with Gasteiger partial charge in [0.1, 0.15) is 6.61 Å². The monoisotopic (exact) mass is 245 g/mol. The highest BCUT2D eigenvalue weighted by Crippen LogP contribution is 2.13. The highest BCUT2D eigenvalue weighted by molar-refractivity contribution is 7.99. The summed E-state index contributed by atoms with van der Waals surface area (Å²) in [4.78, 5) is 0. The molecule has 0 amide bonds. The zero-order valence-corrected chi connectivity index (χ0v) is 9.72. The molecule has 0 aromatic carbocycles. The van der Waals surface area contributed by atoms with E-state index in [0.717, 1.165) is 24.5 Å². The normalized spacial score (nSPS) is 12.0. The third-order valence-electron chi connectivity index (χ3n) is 1.54. The number of hydrogen-bond acceptors (Lipinski definition) is 3. The van der Waals surface area contributed by atoms with Crippen molar-refractivity contribution < 1.29 is 17.9 Å². The highest BCUT2D eigenvalue weighted by Gasteiger charge is 2.26. The van der Waals surface area contributed by atoms with Gasteiger partial charge in [-0.2, -0.15) is 24.9 Å². The smallest absolute Gasteiger partial charge is 0.371 e. The first-order chi connectivity index (χ1) is 7.06. The molecule has 0 aliphatic heterocycles. The molecule has 0 rings (SSSR count). The molecule has 0 aromatic rings. The Hall–Kier alpha value is 0.0600. The van der Waals surface area contributed by atoms with Crippen LogP contribution in [0.3, 0.4) is 0 Å². The zero-order valence-electron chi connectivity index (χ0n) is 8.90. The van der Waals surface area contributed by atoms with Crippen LogP contribution in [0.2, 0.25) is 0 Å². The Morgan fingerprint density at radius 1 is 1.27 bits per heavy atom. The first-order valence-electron chi connectivity index (χ1n) is 4.99. The fourth-order valence-electron chi connectivity index (χ4n) is 0.901. The lowest BCUT2D eigenvalue weighted by Crippen LogP contribution is -2.24. The summed E-state index contributed by atoms with van der Waals surface area (Å²) in [6.07, 6.45) is -3.17. The maximum atomic E-state index is 11.6. The number of ether oxygens (including phenoxy) is 1. The van der Waals surface area contributed by atoms with Gasteiger partial charge in [0.05, 0.1) is 6.61 Å². The third kappa shape index (κ3) is 14.1. The van der Waals surface area contributed by atoms with E-state index in [1.807, 2.05) is 11.8 Å². The van der Waals surface area contributed by atoms with E-state index in [1.165, 1.54) is 0 Å². The van der Waals surface area contributed by atoms with Crippen LogP contribution in [-0.4, -0.2) is 44.0 Å². The standard InChI is InChI=1S/C9H18F3NOS/c1-2-15-7-3-4-13-5-6-14-8-9(10,11)12/h13H,2-8H2,1H3. The van der Waals surface area contributed by atoms with Gasteiger partial charge in [-0.25, -0.2) is 0 Å². The SMILES string of the molecule is CCSCCCNCCOCC(F)(F)F. The lowest BCUT2D eigenvalue weighted by Gasteiger charge is -2.08. The summed E-state index contributed by atoms with van der Waals surface area (Å²) >= 11 is 1.86. The van der Waals surface area contributed by atoms with Crippen molar-refractivity contribution in [1.82, 2.24) is 5.32 Å². The molecular weight excluding hydrogens is 227 g/mol. The Labute approximate surface area is 92.9 Å². The van der Waals surface area contributed by atoms with Gasteiger partial charge in [-0.3, -0.25) is 0 Å². The number of halogens is 3. The first kappa shape index (κ1) is 15.1. The highest BCUT2D eigenvalue weighted by atomic mass is 32.2. The van der Waals surface area contributed by atoms with E-state index in [1.54, 1.807) is 0 Å². The molecular formula is C9H18F3NOS. The van der Waals surface area contributed by atoms with Crippen molar-refractivity contribution in [3.8, 4) is 0 Å². The summed E-state index contributed by atoms with van der Waals surface area (Å²) in [7, 11) is 0. The van der Waals surface area contributed by atoms with Gasteiger partial charge in [-0.1, -0.05) is 6.92 Å². The minimum Gasteiger partial charge on any atom is -0.371 e. The summed E-state index contributed by atoms with van der Waals surface area (Å²) in [6.45, 7) is 2.37. The molecule has 0 atom stereocenters. The van der Waals surface area contributed by atoms with Crippen LogP contribution < -0.4 is 5.32 Å². The molecule has 0 aliphatic carbocycles. The van der Waals surface area contributed by atoms with E-state index in [4.69, 9.17) is 0 Å². The van der Waals surface area contributed by atoms with Crippen LogP contribution in [0, 0.1) is 0 Å². The Bertz CT molecular complexity index is 144. The molecule has 0 spiro atoms. The molecule has 6 heteroatoms. The van der Waals surface area contributed by atoms with Crippen LogP contribution in [0.15, 0.2) is 0 Å². The molecule has 0 saturated carbocycles. The Kier molecular flexibility index (Phi) is 9.33. The van der Waals surface area contributed by atoms with Gasteiger partial charge in [0.25, 0.3) is 0 Å². The summed E-state index contributed by atoms with van der Waals surface area (Å²) in [5.74, 6) is 2.20. The predicted octanol–water partition coefficient (Wildman–Crippen LogP) is 2.30. The van der Waals surface area contributed by atoms with Gasteiger partial charge in [-0.05, 0) is 24.5 Å². The van der Waals surface area contributed by atoms with Crippen molar-refractivity contribution in [2.75, 3.05) is 37.8 Å². The van der Waals surface area contributed by atoms with Crippen molar-refractivity contribution in [2.24, 2.45) is 0 Å². The third-order valence-corrected chi connectivity index (χ3v) is 2.52. The van der Waals surface area contributed by atoms with E-state index >= 15 is 0 Å². The second-order valence-corrected chi connectivity index (χ2v) is 4.36. The minimum atomic E-state index is -4.21. The van der Waals surface area contributed by atoms with Crippen molar-refractivity contribution in [3.05, 3.63) is 0 Å². The van der Waals surface area contributed by atoms with Gasteiger partial charge >= 0.3 is 6.18 Å². The molecule has 0 aromatic heterocycles. The molecule has 0 unspecified atom stereocenters. The molecule has 0 saturated heterocycles. The van der Waals surface area contributed by atoms with Gasteiger partial charge < -0.3 is 10.1 Å². The lowest BCUT2D eigenvalue weighted by molar-refractivity contribution is -0.173. The van der Waals surface area contributed by atoms with Gasteiger partial charge in [-0.15, -0.1) is 0 Å². The van der Waals surface area contributed by atoms with Gasteiger partial charge in [0, 0.05) is 6.54 Å². The van der Waals surface area contributed by atoms with Crippen molar-refractivity contribution in [3.63, 3.8) is 0 Å². The zero-order chi connectivity index (χ0) is 11.6. The van der Waals surface area contributed by atoms with Crippen LogP contribution in [-0.2, 0) is 4.74 Å². The first-order valence-corrected chi connectivity index (χ1v) is 6.14. The van der Waals surface area contributed by atoms with Crippen LogP contribution >= 0.6 is 11.8 Å². The van der Waals surface area contributed by atoms with Crippen LogP contribution in [0.1, 0.15) is 13.3 Å². The molecule has 15 heavy (non-hydrogen) atoms. The molecule has 1 N–H and O–H groups in total. The number of rotatable bonds is 9. The largest absolute Gasteiger partial charge is 0.411 e. The molecule has 0 fully saturated rings. The number of thioether (sulfide) groups is 1. The molecule has 0 heterocycles. The second kappa shape index (κ2) is 9.30.